The predicted octanol–water partition coefficient (Wildman–Crippen LogP) is 2.45. The van der Waals surface area contributed by atoms with Gasteiger partial charge in [-0.3, -0.25) is 4.79 Å². The number of ether oxygens (including phenoxy) is 1. The van der Waals surface area contributed by atoms with Crippen molar-refractivity contribution in [3.8, 4) is 0 Å². The van der Waals surface area contributed by atoms with Crippen LogP contribution in [0, 0.1) is 5.82 Å². The van der Waals surface area contributed by atoms with Gasteiger partial charge in [0.2, 0.25) is 0 Å². The maximum atomic E-state index is 13.6. The van der Waals surface area contributed by atoms with Gasteiger partial charge in [0.25, 0.3) is 5.91 Å². The summed E-state index contributed by atoms with van der Waals surface area (Å²) >= 11 is 3.16. The standard InChI is InChI=1S/C12H13BrFNO2/c1-15(9-4-5-17-7-9)12(16)10-3-2-8(13)6-11(10)14/h2-3,6,9H,4-5,7H2,1H3. The average Bonchev–Trinajstić information content (AvgIpc) is 2.80. The van der Waals surface area contributed by atoms with E-state index in [0.717, 1.165) is 6.42 Å². The van der Waals surface area contributed by atoms with Crippen LogP contribution < -0.4 is 0 Å². The van der Waals surface area contributed by atoms with Crippen molar-refractivity contribution in [2.45, 2.75) is 12.5 Å². The van der Waals surface area contributed by atoms with Crippen molar-refractivity contribution < 1.29 is 13.9 Å². The lowest BCUT2D eigenvalue weighted by Gasteiger charge is -2.23. The molecule has 0 aliphatic carbocycles. The van der Waals surface area contributed by atoms with E-state index in [4.69, 9.17) is 4.74 Å². The lowest BCUT2D eigenvalue weighted by atomic mass is 10.1. The molecule has 1 saturated heterocycles. The number of hydrogen-bond acceptors (Lipinski definition) is 2. The van der Waals surface area contributed by atoms with E-state index in [0.29, 0.717) is 17.7 Å². The minimum Gasteiger partial charge on any atom is -0.379 e. The average molecular weight is 302 g/mol. The van der Waals surface area contributed by atoms with Gasteiger partial charge in [-0.1, -0.05) is 15.9 Å². The van der Waals surface area contributed by atoms with Crippen LogP contribution in [0.3, 0.4) is 0 Å². The number of benzene rings is 1. The number of amides is 1. The summed E-state index contributed by atoms with van der Waals surface area (Å²) in [4.78, 5) is 13.6. The van der Waals surface area contributed by atoms with E-state index in [2.05, 4.69) is 15.9 Å². The van der Waals surface area contributed by atoms with Crippen LogP contribution in [-0.2, 0) is 4.74 Å². The molecule has 1 atom stereocenters. The van der Waals surface area contributed by atoms with Crippen molar-refractivity contribution in [1.29, 1.82) is 0 Å². The molecular weight excluding hydrogens is 289 g/mol. The highest BCUT2D eigenvalue weighted by molar-refractivity contribution is 9.10. The van der Waals surface area contributed by atoms with Crippen molar-refractivity contribution in [3.63, 3.8) is 0 Å². The third-order valence-electron chi connectivity index (χ3n) is 2.94. The van der Waals surface area contributed by atoms with Crippen LogP contribution in [0.15, 0.2) is 22.7 Å². The Morgan fingerprint density at radius 3 is 2.94 bits per heavy atom. The Bertz CT molecular complexity index is 433. The first-order valence-electron chi connectivity index (χ1n) is 5.39. The first-order chi connectivity index (χ1) is 8.09. The molecule has 2 rings (SSSR count). The first-order valence-corrected chi connectivity index (χ1v) is 6.19. The fourth-order valence-corrected chi connectivity index (χ4v) is 2.18. The lowest BCUT2D eigenvalue weighted by molar-refractivity contribution is 0.0706. The highest BCUT2D eigenvalue weighted by Gasteiger charge is 2.26. The molecule has 1 aliphatic heterocycles. The van der Waals surface area contributed by atoms with Crippen LogP contribution in [0.5, 0.6) is 0 Å². The molecule has 0 saturated carbocycles. The molecule has 0 N–H and O–H groups in total. The first kappa shape index (κ1) is 12.5. The summed E-state index contributed by atoms with van der Waals surface area (Å²) < 4.78 is 19.5. The van der Waals surface area contributed by atoms with E-state index in [-0.39, 0.29) is 17.5 Å². The Kier molecular flexibility index (Phi) is 3.79. The third kappa shape index (κ3) is 2.66. The lowest BCUT2D eigenvalue weighted by Crippen LogP contribution is -2.37. The molecule has 5 heteroatoms. The Balaban J connectivity index is 2.18. The Morgan fingerprint density at radius 2 is 2.35 bits per heavy atom. The maximum absolute atomic E-state index is 13.6. The molecule has 0 bridgehead atoms. The summed E-state index contributed by atoms with van der Waals surface area (Å²) in [5, 5.41) is 0. The molecule has 0 aromatic heterocycles. The molecule has 17 heavy (non-hydrogen) atoms. The molecule has 1 aromatic rings. The topological polar surface area (TPSA) is 29.5 Å². The fraction of sp³-hybridized carbons (Fsp3) is 0.417. The fourth-order valence-electron chi connectivity index (χ4n) is 1.85. The Labute approximate surface area is 108 Å². The van der Waals surface area contributed by atoms with Crippen molar-refractivity contribution in [1.82, 2.24) is 4.90 Å². The smallest absolute Gasteiger partial charge is 0.256 e. The van der Waals surface area contributed by atoms with Crippen molar-refractivity contribution in [2.75, 3.05) is 20.3 Å². The summed E-state index contributed by atoms with van der Waals surface area (Å²) in [7, 11) is 1.68. The SMILES string of the molecule is CN(C(=O)c1ccc(Br)cc1F)C1CCOC1. The van der Waals surface area contributed by atoms with Gasteiger partial charge in [0.1, 0.15) is 5.82 Å². The van der Waals surface area contributed by atoms with Gasteiger partial charge in [0, 0.05) is 18.1 Å². The van der Waals surface area contributed by atoms with E-state index in [1.165, 1.54) is 12.1 Å². The molecule has 0 radical (unpaired) electrons. The normalized spacial score (nSPS) is 19.4. The van der Waals surface area contributed by atoms with E-state index >= 15 is 0 Å². The zero-order valence-corrected chi connectivity index (χ0v) is 11.0. The predicted molar refractivity (Wildman–Crippen MR) is 65.4 cm³/mol. The van der Waals surface area contributed by atoms with Crippen LogP contribution in [0.4, 0.5) is 4.39 Å². The summed E-state index contributed by atoms with van der Waals surface area (Å²) in [6, 6.07) is 4.50. The zero-order valence-electron chi connectivity index (χ0n) is 9.45. The van der Waals surface area contributed by atoms with Crippen LogP contribution in [0.2, 0.25) is 0 Å². The van der Waals surface area contributed by atoms with Crippen molar-refractivity contribution in [3.05, 3.63) is 34.1 Å². The third-order valence-corrected chi connectivity index (χ3v) is 3.43. The van der Waals surface area contributed by atoms with Gasteiger partial charge in [0.05, 0.1) is 18.2 Å². The molecule has 1 amide bonds. The highest BCUT2D eigenvalue weighted by Crippen LogP contribution is 2.19. The van der Waals surface area contributed by atoms with Gasteiger partial charge < -0.3 is 9.64 Å². The molecule has 1 fully saturated rings. The number of carbonyl (C=O) groups excluding carboxylic acids is 1. The van der Waals surface area contributed by atoms with Crippen LogP contribution >= 0.6 is 15.9 Å². The Morgan fingerprint density at radius 1 is 1.59 bits per heavy atom. The number of hydrogen-bond donors (Lipinski definition) is 0. The summed E-state index contributed by atoms with van der Waals surface area (Å²) in [5.74, 6) is -0.805. The van der Waals surface area contributed by atoms with Gasteiger partial charge in [0.15, 0.2) is 0 Å². The minimum absolute atomic E-state index is 0.0468. The molecule has 0 spiro atoms. The molecular formula is C12H13BrFNO2. The zero-order chi connectivity index (χ0) is 12.4. The molecule has 92 valence electrons. The van der Waals surface area contributed by atoms with Gasteiger partial charge in [-0.25, -0.2) is 4.39 Å². The van der Waals surface area contributed by atoms with Gasteiger partial charge in [-0.15, -0.1) is 0 Å². The quantitative estimate of drug-likeness (QED) is 0.840. The van der Waals surface area contributed by atoms with Crippen molar-refractivity contribution in [2.24, 2.45) is 0 Å². The number of nitrogens with zero attached hydrogens (tertiary/aromatic N) is 1. The van der Waals surface area contributed by atoms with Crippen LogP contribution in [0.1, 0.15) is 16.8 Å². The van der Waals surface area contributed by atoms with Crippen molar-refractivity contribution >= 4 is 21.8 Å². The number of rotatable bonds is 2. The van der Waals surface area contributed by atoms with Gasteiger partial charge in [-0.05, 0) is 24.6 Å². The van der Waals surface area contributed by atoms with Crippen LogP contribution in [0.25, 0.3) is 0 Å². The second-order valence-electron chi connectivity index (χ2n) is 4.06. The Hall–Kier alpha value is -0.940. The monoisotopic (exact) mass is 301 g/mol. The summed E-state index contributed by atoms with van der Waals surface area (Å²) in [6.45, 7) is 1.19. The van der Waals surface area contributed by atoms with E-state index in [9.17, 15) is 9.18 Å². The largest absolute Gasteiger partial charge is 0.379 e. The summed E-state index contributed by atoms with van der Waals surface area (Å²) in [6.07, 6.45) is 0.806. The summed E-state index contributed by atoms with van der Waals surface area (Å²) in [5.41, 5.74) is 0.0996. The molecule has 3 nitrogen and oxygen atoms in total. The van der Waals surface area contributed by atoms with Gasteiger partial charge in [-0.2, -0.15) is 0 Å². The maximum Gasteiger partial charge on any atom is 0.256 e. The van der Waals surface area contributed by atoms with E-state index < -0.39 is 5.82 Å². The van der Waals surface area contributed by atoms with Crippen LogP contribution in [-0.4, -0.2) is 37.1 Å². The molecule has 1 aromatic carbocycles. The van der Waals surface area contributed by atoms with Gasteiger partial charge >= 0.3 is 0 Å². The van der Waals surface area contributed by atoms with E-state index in [1.807, 2.05) is 0 Å². The molecule has 1 unspecified atom stereocenters. The molecule has 1 aliphatic rings. The minimum atomic E-state index is -0.504. The highest BCUT2D eigenvalue weighted by atomic mass is 79.9. The number of halogens is 2. The number of carbonyl (C=O) groups is 1. The molecule has 1 heterocycles. The number of likely N-dealkylation sites (N-methyl/N-ethyl adjacent to an activating group) is 1. The second-order valence-corrected chi connectivity index (χ2v) is 4.97. The second kappa shape index (κ2) is 5.14. The van der Waals surface area contributed by atoms with E-state index in [1.54, 1.807) is 18.0 Å².